The Morgan fingerprint density at radius 3 is 2.92 bits per heavy atom. The number of sulfone groups is 1. The summed E-state index contributed by atoms with van der Waals surface area (Å²) in [5.74, 6) is -0.234. The van der Waals surface area contributed by atoms with E-state index in [4.69, 9.17) is 9.15 Å². The highest BCUT2D eigenvalue weighted by Gasteiger charge is 2.24. The number of nitrogens with one attached hydrogen (secondary N) is 1. The number of hydrogen-bond acceptors (Lipinski definition) is 7. The van der Waals surface area contributed by atoms with Crippen LogP contribution < -0.4 is 5.32 Å². The number of benzene rings is 1. The van der Waals surface area contributed by atoms with Crippen LogP contribution in [0, 0.1) is 0 Å². The summed E-state index contributed by atoms with van der Waals surface area (Å²) >= 11 is 0. The van der Waals surface area contributed by atoms with Gasteiger partial charge in [0, 0.05) is 12.2 Å². The Balaban J connectivity index is 1.74. The van der Waals surface area contributed by atoms with Gasteiger partial charge in [0.2, 0.25) is 5.89 Å². The molecule has 128 valence electrons. The van der Waals surface area contributed by atoms with Crippen molar-refractivity contribution in [1.82, 2.24) is 10.2 Å². The molecule has 1 aromatic carbocycles. The maximum Gasteiger partial charge on any atom is 0.322 e. The molecular weight excluding hydrogens is 334 g/mol. The van der Waals surface area contributed by atoms with Crippen LogP contribution in [0.4, 0.5) is 6.01 Å². The van der Waals surface area contributed by atoms with E-state index in [0.29, 0.717) is 12.5 Å². The third kappa shape index (κ3) is 3.46. The lowest BCUT2D eigenvalue weighted by Crippen LogP contribution is -2.13. The summed E-state index contributed by atoms with van der Waals surface area (Å²) in [5, 5.41) is 10.1. The first kappa shape index (κ1) is 16.6. The highest BCUT2D eigenvalue weighted by molar-refractivity contribution is 7.91. The molecule has 24 heavy (non-hydrogen) atoms. The predicted octanol–water partition coefficient (Wildman–Crippen LogP) is 1.97. The van der Waals surface area contributed by atoms with Crippen LogP contribution in [-0.2, 0) is 14.6 Å². The molecule has 1 aliphatic rings. The van der Waals surface area contributed by atoms with E-state index < -0.39 is 15.7 Å². The van der Waals surface area contributed by atoms with Gasteiger partial charge >= 0.3 is 6.01 Å². The number of amides is 1. The maximum atomic E-state index is 12.2. The predicted molar refractivity (Wildman–Crippen MR) is 84.3 cm³/mol. The monoisotopic (exact) mass is 351 g/mol. The van der Waals surface area contributed by atoms with Crippen LogP contribution >= 0.6 is 0 Å². The van der Waals surface area contributed by atoms with Crippen molar-refractivity contribution in [2.45, 2.75) is 30.8 Å². The van der Waals surface area contributed by atoms with Gasteiger partial charge in [0.25, 0.3) is 5.91 Å². The molecule has 1 atom stereocenters. The van der Waals surface area contributed by atoms with Crippen molar-refractivity contribution in [2.75, 3.05) is 17.7 Å². The largest absolute Gasteiger partial charge is 0.405 e. The Hall–Kier alpha value is -2.26. The fraction of sp³-hybridized carbons (Fsp3) is 0.400. The van der Waals surface area contributed by atoms with Crippen LogP contribution in [0.2, 0.25) is 0 Å². The molecule has 1 unspecified atom stereocenters. The first-order valence-corrected chi connectivity index (χ1v) is 9.24. The van der Waals surface area contributed by atoms with Gasteiger partial charge in [-0.3, -0.25) is 10.1 Å². The van der Waals surface area contributed by atoms with Crippen molar-refractivity contribution < 1.29 is 22.4 Å². The van der Waals surface area contributed by atoms with Crippen LogP contribution in [0.1, 0.15) is 42.1 Å². The molecule has 3 rings (SSSR count). The molecule has 9 heteroatoms. The zero-order valence-corrected chi connectivity index (χ0v) is 13.9. The van der Waals surface area contributed by atoms with E-state index in [1.54, 1.807) is 6.92 Å². The Kier molecular flexibility index (Phi) is 4.63. The summed E-state index contributed by atoms with van der Waals surface area (Å²) < 4.78 is 34.6. The minimum atomic E-state index is -3.38. The molecule has 1 fully saturated rings. The summed E-state index contributed by atoms with van der Waals surface area (Å²) in [7, 11) is -3.38. The summed E-state index contributed by atoms with van der Waals surface area (Å²) in [5.41, 5.74) is 0.196. The average Bonchev–Trinajstić information content (AvgIpc) is 3.26. The molecule has 1 N–H and O–H groups in total. The van der Waals surface area contributed by atoms with Gasteiger partial charge in [-0.2, -0.15) is 0 Å². The van der Waals surface area contributed by atoms with E-state index in [9.17, 15) is 13.2 Å². The van der Waals surface area contributed by atoms with E-state index in [0.717, 1.165) is 12.8 Å². The van der Waals surface area contributed by atoms with E-state index in [2.05, 4.69) is 15.5 Å². The zero-order valence-electron chi connectivity index (χ0n) is 13.1. The molecule has 2 aromatic rings. The molecule has 0 saturated carbocycles. The van der Waals surface area contributed by atoms with Crippen LogP contribution in [0.25, 0.3) is 0 Å². The van der Waals surface area contributed by atoms with Gasteiger partial charge < -0.3 is 9.15 Å². The minimum absolute atomic E-state index is 0.0352. The lowest BCUT2D eigenvalue weighted by atomic mass is 10.2. The molecule has 1 aliphatic heterocycles. The smallest absolute Gasteiger partial charge is 0.322 e. The van der Waals surface area contributed by atoms with Gasteiger partial charge in [-0.15, -0.1) is 5.10 Å². The lowest BCUT2D eigenvalue weighted by Gasteiger charge is -2.05. The molecule has 0 spiro atoms. The van der Waals surface area contributed by atoms with E-state index in [1.807, 2.05) is 0 Å². The second-order valence-corrected chi connectivity index (χ2v) is 7.61. The summed E-state index contributed by atoms with van der Waals surface area (Å²) in [6.07, 6.45) is 1.49. The normalized spacial score (nSPS) is 17.8. The van der Waals surface area contributed by atoms with Crippen molar-refractivity contribution in [2.24, 2.45) is 0 Å². The maximum absolute atomic E-state index is 12.2. The third-order valence-corrected chi connectivity index (χ3v) is 5.43. The number of hydrogen-bond donors (Lipinski definition) is 1. The summed E-state index contributed by atoms with van der Waals surface area (Å²) in [6.45, 7) is 2.20. The van der Waals surface area contributed by atoms with Crippen LogP contribution in [-0.4, -0.2) is 36.9 Å². The van der Waals surface area contributed by atoms with Crippen molar-refractivity contribution in [1.29, 1.82) is 0 Å². The van der Waals surface area contributed by atoms with Crippen molar-refractivity contribution in [3.05, 3.63) is 35.7 Å². The molecule has 1 amide bonds. The van der Waals surface area contributed by atoms with Gasteiger partial charge in [0.15, 0.2) is 9.84 Å². The number of carbonyl (C=O) groups is 1. The topological polar surface area (TPSA) is 111 Å². The molecule has 1 aromatic heterocycles. The molecule has 0 aliphatic carbocycles. The summed E-state index contributed by atoms with van der Waals surface area (Å²) in [4.78, 5) is 12.3. The fourth-order valence-corrected chi connectivity index (χ4v) is 3.28. The molecule has 8 nitrogen and oxygen atoms in total. The highest BCUT2D eigenvalue weighted by Crippen LogP contribution is 2.28. The highest BCUT2D eigenvalue weighted by atomic mass is 32.2. The fourth-order valence-electron chi connectivity index (χ4n) is 2.35. The Labute approximate surface area is 139 Å². The number of aromatic nitrogens is 2. The van der Waals surface area contributed by atoms with Crippen molar-refractivity contribution in [3.8, 4) is 0 Å². The van der Waals surface area contributed by atoms with Crippen molar-refractivity contribution >= 4 is 21.8 Å². The number of anilines is 1. The van der Waals surface area contributed by atoms with E-state index in [-0.39, 0.29) is 28.3 Å². The Morgan fingerprint density at radius 2 is 2.21 bits per heavy atom. The molecule has 2 heterocycles. The van der Waals surface area contributed by atoms with Gasteiger partial charge in [0.1, 0.15) is 6.10 Å². The van der Waals surface area contributed by atoms with Gasteiger partial charge in [0.05, 0.1) is 10.6 Å². The second kappa shape index (κ2) is 6.70. The second-order valence-electron chi connectivity index (χ2n) is 5.33. The zero-order chi connectivity index (χ0) is 17.2. The minimum Gasteiger partial charge on any atom is -0.405 e. The quantitative estimate of drug-likeness (QED) is 0.876. The number of nitrogens with zero attached hydrogens (tertiary/aromatic N) is 2. The van der Waals surface area contributed by atoms with E-state index >= 15 is 0 Å². The first-order valence-electron chi connectivity index (χ1n) is 7.59. The number of carbonyl (C=O) groups excluding carboxylic acids is 1. The molecular formula is C15H17N3O5S. The van der Waals surface area contributed by atoms with Gasteiger partial charge in [-0.1, -0.05) is 18.1 Å². The van der Waals surface area contributed by atoms with Gasteiger partial charge in [-0.25, -0.2) is 8.42 Å². The number of rotatable bonds is 5. The average molecular weight is 351 g/mol. The lowest BCUT2D eigenvalue weighted by molar-refractivity contribution is 0.0893. The first-order chi connectivity index (χ1) is 11.5. The van der Waals surface area contributed by atoms with Crippen LogP contribution in [0.15, 0.2) is 33.6 Å². The van der Waals surface area contributed by atoms with Crippen LogP contribution in [0.3, 0.4) is 0 Å². The van der Waals surface area contributed by atoms with Gasteiger partial charge in [-0.05, 0) is 31.0 Å². The standard InChI is InChI=1S/C15H17N3O5S/c1-2-24(20,21)11-6-3-5-10(9-11)13(19)16-15-18-17-14(23-15)12-7-4-8-22-12/h3,5-6,9,12H,2,4,7-8H2,1H3,(H,16,18,19). The van der Waals surface area contributed by atoms with E-state index in [1.165, 1.54) is 24.3 Å². The number of ether oxygens (including phenoxy) is 1. The van der Waals surface area contributed by atoms with Crippen LogP contribution in [0.5, 0.6) is 0 Å². The Bertz CT molecular complexity index is 840. The molecule has 0 bridgehead atoms. The van der Waals surface area contributed by atoms with Crippen molar-refractivity contribution in [3.63, 3.8) is 0 Å². The molecule has 1 saturated heterocycles. The Morgan fingerprint density at radius 1 is 1.38 bits per heavy atom. The molecule has 0 radical (unpaired) electrons. The third-order valence-electron chi connectivity index (χ3n) is 3.70. The summed E-state index contributed by atoms with van der Waals surface area (Å²) in [6, 6.07) is 5.77. The SMILES string of the molecule is CCS(=O)(=O)c1cccc(C(=O)Nc2nnc(C3CCCO3)o2)c1.